The second kappa shape index (κ2) is 4.67. The normalized spacial score (nSPS) is 48.6. The van der Waals surface area contributed by atoms with E-state index in [9.17, 15) is 0 Å². The van der Waals surface area contributed by atoms with E-state index in [1.807, 2.05) is 0 Å². The monoisotopic (exact) mass is 293 g/mol. The first-order chi connectivity index (χ1) is 9.73. The molecule has 4 nitrogen and oxygen atoms in total. The van der Waals surface area contributed by atoms with Crippen LogP contribution in [0.15, 0.2) is 5.16 Å². The van der Waals surface area contributed by atoms with Crippen LogP contribution in [0.1, 0.15) is 38.5 Å². The maximum absolute atomic E-state index is 6.28. The van der Waals surface area contributed by atoms with E-state index >= 15 is 0 Å². The van der Waals surface area contributed by atoms with Crippen molar-refractivity contribution >= 4 is 23.4 Å². The predicted molar refractivity (Wildman–Crippen MR) is 82.2 cm³/mol. The Hall–Kier alpha value is -0.680. The van der Waals surface area contributed by atoms with Gasteiger partial charge in [0.05, 0.1) is 0 Å². The van der Waals surface area contributed by atoms with Gasteiger partial charge in [-0.3, -0.25) is 0 Å². The molecule has 4 saturated carbocycles. The van der Waals surface area contributed by atoms with Gasteiger partial charge in [-0.05, 0) is 67.7 Å². The van der Waals surface area contributed by atoms with Crippen LogP contribution in [0.25, 0.3) is 0 Å². The van der Waals surface area contributed by atoms with Crippen LogP contribution in [0.4, 0.5) is 0 Å². The number of rotatable bonds is 4. The number of thiocarbonyl (C=S) groups is 1. The lowest BCUT2D eigenvalue weighted by Gasteiger charge is -2.61. The molecule has 0 radical (unpaired) electrons. The molecule has 110 valence electrons. The minimum absolute atomic E-state index is 0.230. The van der Waals surface area contributed by atoms with Crippen molar-refractivity contribution in [2.45, 2.75) is 44.8 Å². The molecular weight excluding hydrogens is 270 g/mol. The van der Waals surface area contributed by atoms with Gasteiger partial charge < -0.3 is 15.9 Å². The van der Waals surface area contributed by atoms with E-state index in [1.54, 1.807) is 5.37 Å². The Morgan fingerprint density at radius 2 is 1.90 bits per heavy atom. The Morgan fingerprint density at radius 3 is 2.40 bits per heavy atom. The van der Waals surface area contributed by atoms with Gasteiger partial charge in [0.2, 0.25) is 6.23 Å². The molecule has 0 aromatic rings. The highest BCUT2D eigenvalue weighted by Crippen LogP contribution is 2.63. The summed E-state index contributed by atoms with van der Waals surface area (Å²) in [6, 6.07) is 0. The average Bonchev–Trinajstić information content (AvgIpc) is 2.90. The first-order valence-electron chi connectivity index (χ1n) is 7.88. The third-order valence-electron chi connectivity index (χ3n) is 6.35. The third-order valence-corrected chi connectivity index (χ3v) is 6.60. The number of nitrogens with one attached hydrogen (secondary N) is 1. The van der Waals surface area contributed by atoms with E-state index < -0.39 is 0 Å². The molecule has 4 fully saturated rings. The van der Waals surface area contributed by atoms with Crippen LogP contribution in [0.5, 0.6) is 0 Å². The molecular formula is C15H23N3OS. The molecule has 5 heteroatoms. The number of amidine groups is 1. The zero-order chi connectivity index (χ0) is 13.7. The van der Waals surface area contributed by atoms with Crippen molar-refractivity contribution in [1.29, 1.82) is 0 Å². The molecule has 20 heavy (non-hydrogen) atoms. The van der Waals surface area contributed by atoms with Crippen molar-refractivity contribution in [2.75, 3.05) is 6.54 Å². The lowest BCUT2D eigenvalue weighted by molar-refractivity contribution is -0.0996. The van der Waals surface area contributed by atoms with Gasteiger partial charge in [0, 0.05) is 11.8 Å². The fourth-order valence-electron chi connectivity index (χ4n) is 5.61. The standard InChI is InChI=1S/C15H23N3OS/c16-8-15(6-13-17-14(7-20)19-18-13)11-2-9-1-10(4-11)5-12(15)3-9/h7,9-12,14H,1-6,8,16H2,(H,17,18). The van der Waals surface area contributed by atoms with Gasteiger partial charge in [0.25, 0.3) is 0 Å². The second-order valence-electron chi connectivity index (χ2n) is 7.26. The number of hydrogen-bond donors (Lipinski definition) is 2. The fourth-order valence-corrected chi connectivity index (χ4v) is 5.73. The van der Waals surface area contributed by atoms with Crippen molar-refractivity contribution in [1.82, 2.24) is 5.32 Å². The topological polar surface area (TPSA) is 59.6 Å². The zero-order valence-corrected chi connectivity index (χ0v) is 12.6. The summed E-state index contributed by atoms with van der Waals surface area (Å²) in [6.45, 7) is 0.782. The molecule has 3 N–H and O–H groups in total. The Labute approximate surface area is 125 Å². The molecule has 0 spiro atoms. The molecule has 0 saturated heterocycles. The summed E-state index contributed by atoms with van der Waals surface area (Å²) in [5, 5.41) is 9.04. The highest BCUT2D eigenvalue weighted by Gasteiger charge is 2.56. The molecule has 0 aromatic carbocycles. The lowest BCUT2D eigenvalue weighted by atomic mass is 9.44. The Morgan fingerprint density at radius 1 is 1.25 bits per heavy atom. The summed E-state index contributed by atoms with van der Waals surface area (Å²) in [5.74, 6) is 4.48. The number of nitrogens with zero attached hydrogens (tertiary/aromatic N) is 1. The quantitative estimate of drug-likeness (QED) is 0.779. The maximum atomic E-state index is 6.28. The van der Waals surface area contributed by atoms with Crippen LogP contribution >= 0.6 is 12.2 Å². The van der Waals surface area contributed by atoms with Gasteiger partial charge in [-0.15, -0.1) is 0 Å². The SMILES string of the molecule is NCC1(CC2=NOC(C=S)N2)C2CC3CC(C2)CC1C3. The van der Waals surface area contributed by atoms with Gasteiger partial charge >= 0.3 is 0 Å². The van der Waals surface area contributed by atoms with E-state index in [0.29, 0.717) is 0 Å². The van der Waals surface area contributed by atoms with Crippen molar-refractivity contribution in [3.05, 3.63) is 0 Å². The minimum atomic E-state index is -0.230. The largest absolute Gasteiger partial charge is 0.364 e. The molecule has 1 heterocycles. The molecule has 1 aliphatic heterocycles. The minimum Gasteiger partial charge on any atom is -0.364 e. The maximum Gasteiger partial charge on any atom is 0.227 e. The second-order valence-corrected chi connectivity index (χ2v) is 7.54. The van der Waals surface area contributed by atoms with Crippen LogP contribution in [0.3, 0.4) is 0 Å². The number of nitrogens with two attached hydrogens (primary N) is 1. The van der Waals surface area contributed by atoms with E-state index in [4.69, 9.17) is 22.8 Å². The van der Waals surface area contributed by atoms with Crippen LogP contribution < -0.4 is 11.1 Å². The molecule has 4 aliphatic carbocycles. The summed E-state index contributed by atoms with van der Waals surface area (Å²) in [5.41, 5.74) is 6.53. The van der Waals surface area contributed by atoms with Crippen molar-refractivity contribution < 1.29 is 4.84 Å². The molecule has 4 bridgehead atoms. The number of hydrogen-bond acceptors (Lipinski definition) is 5. The third kappa shape index (κ3) is 1.82. The summed E-state index contributed by atoms with van der Waals surface area (Å²) < 4.78 is 0. The molecule has 5 rings (SSSR count). The average molecular weight is 293 g/mol. The van der Waals surface area contributed by atoms with E-state index in [1.165, 1.54) is 32.1 Å². The molecule has 1 atom stereocenters. The Bertz CT molecular complexity index is 422. The smallest absolute Gasteiger partial charge is 0.227 e. The summed E-state index contributed by atoms with van der Waals surface area (Å²) in [4.78, 5) is 5.27. The zero-order valence-electron chi connectivity index (χ0n) is 11.8. The van der Waals surface area contributed by atoms with Gasteiger partial charge in [0.15, 0.2) is 0 Å². The Balaban J connectivity index is 1.56. The van der Waals surface area contributed by atoms with Gasteiger partial charge in [-0.1, -0.05) is 17.4 Å². The first kappa shape index (κ1) is 13.0. The van der Waals surface area contributed by atoms with Crippen LogP contribution in [-0.2, 0) is 4.84 Å². The lowest BCUT2D eigenvalue weighted by Crippen LogP contribution is -2.57. The highest BCUT2D eigenvalue weighted by molar-refractivity contribution is 7.79. The van der Waals surface area contributed by atoms with Gasteiger partial charge in [0.1, 0.15) is 5.84 Å². The molecule has 0 aromatic heterocycles. The van der Waals surface area contributed by atoms with Gasteiger partial charge in [-0.2, -0.15) is 0 Å². The number of oxime groups is 1. The summed E-state index contributed by atoms with van der Waals surface area (Å²) in [7, 11) is 0. The predicted octanol–water partition coefficient (Wildman–Crippen LogP) is 2.04. The van der Waals surface area contributed by atoms with Crippen molar-refractivity contribution in [3.63, 3.8) is 0 Å². The summed E-state index contributed by atoms with van der Waals surface area (Å²) >= 11 is 4.92. The fraction of sp³-hybridized carbons (Fsp3) is 0.867. The van der Waals surface area contributed by atoms with Crippen LogP contribution in [0.2, 0.25) is 0 Å². The van der Waals surface area contributed by atoms with E-state index in [0.717, 1.165) is 42.5 Å². The molecule has 1 unspecified atom stereocenters. The first-order valence-corrected chi connectivity index (χ1v) is 8.35. The highest BCUT2D eigenvalue weighted by atomic mass is 32.1. The summed E-state index contributed by atoms with van der Waals surface area (Å²) in [6.07, 6.45) is 7.72. The van der Waals surface area contributed by atoms with Gasteiger partial charge in [-0.25, -0.2) is 0 Å². The molecule has 5 aliphatic rings. The van der Waals surface area contributed by atoms with Crippen LogP contribution in [-0.4, -0.2) is 24.0 Å². The van der Waals surface area contributed by atoms with Crippen LogP contribution in [0, 0.1) is 29.1 Å². The van der Waals surface area contributed by atoms with Crippen molar-refractivity contribution in [3.8, 4) is 0 Å². The van der Waals surface area contributed by atoms with Crippen molar-refractivity contribution in [2.24, 2.45) is 40.0 Å². The van der Waals surface area contributed by atoms with E-state index in [-0.39, 0.29) is 11.6 Å². The Kier molecular flexibility index (Phi) is 3.04. The van der Waals surface area contributed by atoms with E-state index in [2.05, 4.69) is 10.5 Å². The molecule has 0 amide bonds.